The molecule has 0 atom stereocenters. The molecule has 2 heterocycles. The maximum atomic E-state index is 12.5. The highest BCUT2D eigenvalue weighted by molar-refractivity contribution is 6.41. The molecule has 1 fully saturated rings. The second-order valence-corrected chi connectivity index (χ2v) is 7.14. The topological polar surface area (TPSA) is 58.4 Å². The minimum Gasteiger partial charge on any atom is -0.368 e. The first kappa shape index (κ1) is 18.7. The molecule has 3 rings (SSSR count). The van der Waals surface area contributed by atoms with Gasteiger partial charge in [0.1, 0.15) is 11.6 Å². The number of aryl methyl sites for hydroxylation is 1. The van der Waals surface area contributed by atoms with Crippen LogP contribution in [-0.4, -0.2) is 46.8 Å². The van der Waals surface area contributed by atoms with Gasteiger partial charge in [0.05, 0.1) is 11.2 Å². The van der Waals surface area contributed by atoms with E-state index < -0.39 is 5.56 Å². The molecule has 0 unspecified atom stereocenters. The van der Waals surface area contributed by atoms with Gasteiger partial charge in [-0.15, -0.1) is 0 Å². The largest absolute Gasteiger partial charge is 0.368 e. The van der Waals surface area contributed by atoms with Crippen LogP contribution in [0, 0.1) is 13.8 Å². The summed E-state index contributed by atoms with van der Waals surface area (Å²) in [5, 5.41) is 3.86. The summed E-state index contributed by atoms with van der Waals surface area (Å²) in [5.74, 6) is -0.154. The summed E-state index contributed by atoms with van der Waals surface area (Å²) in [6.07, 6.45) is 1.27. The number of rotatable bonds is 3. The third kappa shape index (κ3) is 3.71. The Morgan fingerprint density at radius 2 is 1.85 bits per heavy atom. The van der Waals surface area contributed by atoms with Crippen LogP contribution in [0.5, 0.6) is 0 Å². The van der Waals surface area contributed by atoms with Crippen LogP contribution < -0.4 is 10.5 Å². The van der Waals surface area contributed by atoms with Crippen LogP contribution in [-0.2, 0) is 11.3 Å². The van der Waals surface area contributed by atoms with E-state index >= 15 is 0 Å². The van der Waals surface area contributed by atoms with Gasteiger partial charge in [-0.3, -0.25) is 9.59 Å². The van der Waals surface area contributed by atoms with Gasteiger partial charge < -0.3 is 9.80 Å². The Morgan fingerprint density at radius 3 is 2.54 bits per heavy atom. The number of piperazine rings is 1. The molecular weight excluding hydrogens is 375 g/mol. The van der Waals surface area contributed by atoms with Gasteiger partial charge in [0, 0.05) is 31.9 Å². The summed E-state index contributed by atoms with van der Waals surface area (Å²) in [6, 6.07) is 6.26. The van der Waals surface area contributed by atoms with Gasteiger partial charge in [-0.1, -0.05) is 35.3 Å². The molecule has 0 saturated carbocycles. The van der Waals surface area contributed by atoms with Crippen molar-refractivity contribution >= 4 is 34.8 Å². The Morgan fingerprint density at radius 1 is 1.15 bits per heavy atom. The number of benzene rings is 1. The van der Waals surface area contributed by atoms with E-state index in [-0.39, 0.29) is 22.5 Å². The van der Waals surface area contributed by atoms with Crippen LogP contribution in [0.1, 0.15) is 11.1 Å². The lowest BCUT2D eigenvalue weighted by atomic mass is 10.1. The van der Waals surface area contributed by atoms with Crippen molar-refractivity contribution in [3.05, 3.63) is 55.9 Å². The number of aromatic nitrogens is 2. The van der Waals surface area contributed by atoms with Crippen molar-refractivity contribution in [2.24, 2.45) is 0 Å². The van der Waals surface area contributed by atoms with Gasteiger partial charge in [0.25, 0.3) is 5.56 Å². The molecule has 26 heavy (non-hydrogen) atoms. The highest BCUT2D eigenvalue weighted by atomic mass is 35.5. The Bertz CT molecular complexity index is 889. The molecule has 0 radical (unpaired) electrons. The van der Waals surface area contributed by atoms with E-state index in [0.717, 1.165) is 17.8 Å². The smallest absolute Gasteiger partial charge is 0.287 e. The Kier molecular flexibility index (Phi) is 5.53. The van der Waals surface area contributed by atoms with Crippen molar-refractivity contribution in [3.63, 3.8) is 0 Å². The van der Waals surface area contributed by atoms with Gasteiger partial charge in [-0.2, -0.15) is 5.10 Å². The first-order valence-electron chi connectivity index (χ1n) is 8.38. The van der Waals surface area contributed by atoms with E-state index in [0.29, 0.717) is 13.1 Å². The third-order valence-electron chi connectivity index (χ3n) is 4.78. The van der Waals surface area contributed by atoms with Gasteiger partial charge in [-0.05, 0) is 31.0 Å². The van der Waals surface area contributed by atoms with E-state index in [9.17, 15) is 9.59 Å². The minimum atomic E-state index is -0.554. The number of carbonyl (C=O) groups is 1. The van der Waals surface area contributed by atoms with Gasteiger partial charge >= 0.3 is 0 Å². The van der Waals surface area contributed by atoms with Crippen molar-refractivity contribution in [2.75, 3.05) is 31.1 Å². The number of halogens is 2. The molecule has 0 bridgehead atoms. The molecule has 1 amide bonds. The second kappa shape index (κ2) is 7.68. The summed E-state index contributed by atoms with van der Waals surface area (Å²) < 4.78 is 1.05. The number of amides is 1. The molecule has 1 aromatic carbocycles. The average Bonchev–Trinajstić information content (AvgIpc) is 2.64. The quantitative estimate of drug-likeness (QED) is 0.802. The number of nitrogens with zero attached hydrogens (tertiary/aromatic N) is 4. The zero-order chi connectivity index (χ0) is 18.8. The second-order valence-electron chi connectivity index (χ2n) is 6.36. The van der Waals surface area contributed by atoms with Crippen molar-refractivity contribution < 1.29 is 4.79 Å². The molecule has 2 aromatic rings. The normalized spacial score (nSPS) is 14.6. The van der Waals surface area contributed by atoms with Crippen LogP contribution in [0.2, 0.25) is 10.0 Å². The molecule has 1 aliphatic rings. The summed E-state index contributed by atoms with van der Waals surface area (Å²) in [4.78, 5) is 28.6. The van der Waals surface area contributed by atoms with Crippen molar-refractivity contribution in [1.29, 1.82) is 0 Å². The zero-order valence-electron chi connectivity index (χ0n) is 14.7. The Balaban J connectivity index is 1.65. The van der Waals surface area contributed by atoms with Gasteiger partial charge in [0.15, 0.2) is 0 Å². The number of carbonyl (C=O) groups excluding carboxylic acids is 1. The van der Waals surface area contributed by atoms with Crippen LogP contribution in [0.4, 0.5) is 5.69 Å². The Labute approximate surface area is 161 Å². The molecule has 6 nitrogen and oxygen atoms in total. The van der Waals surface area contributed by atoms with Crippen LogP contribution in [0.25, 0.3) is 0 Å². The monoisotopic (exact) mass is 394 g/mol. The van der Waals surface area contributed by atoms with Crippen molar-refractivity contribution in [1.82, 2.24) is 14.7 Å². The van der Waals surface area contributed by atoms with Crippen LogP contribution in [0.3, 0.4) is 0 Å². The molecule has 0 spiro atoms. The molecule has 8 heteroatoms. The summed E-state index contributed by atoms with van der Waals surface area (Å²) in [5.41, 5.74) is 3.17. The third-order valence-corrected chi connectivity index (χ3v) is 5.53. The lowest BCUT2D eigenvalue weighted by molar-refractivity contribution is -0.132. The molecular formula is C18H20Cl2N4O2. The van der Waals surface area contributed by atoms with Gasteiger partial charge in [-0.25, -0.2) is 4.68 Å². The van der Waals surface area contributed by atoms with Crippen LogP contribution in [0.15, 0.2) is 29.2 Å². The fraction of sp³-hybridized carbons (Fsp3) is 0.389. The fourth-order valence-corrected chi connectivity index (χ4v) is 3.33. The van der Waals surface area contributed by atoms with E-state index in [1.807, 2.05) is 0 Å². The van der Waals surface area contributed by atoms with E-state index in [2.05, 4.69) is 42.0 Å². The fourth-order valence-electron chi connectivity index (χ4n) is 3.06. The van der Waals surface area contributed by atoms with E-state index in [1.54, 1.807) is 4.90 Å². The maximum Gasteiger partial charge on any atom is 0.287 e. The first-order valence-corrected chi connectivity index (χ1v) is 9.14. The lowest BCUT2D eigenvalue weighted by Gasteiger charge is -2.37. The van der Waals surface area contributed by atoms with Gasteiger partial charge in [0.2, 0.25) is 5.91 Å². The highest BCUT2D eigenvalue weighted by Crippen LogP contribution is 2.24. The summed E-state index contributed by atoms with van der Waals surface area (Å²) in [6.45, 7) is 6.77. The van der Waals surface area contributed by atoms with E-state index in [4.69, 9.17) is 23.2 Å². The first-order chi connectivity index (χ1) is 12.4. The number of hydrogen-bond acceptors (Lipinski definition) is 4. The maximum absolute atomic E-state index is 12.5. The number of anilines is 1. The minimum absolute atomic E-state index is 0.0857. The molecule has 0 N–H and O–H groups in total. The molecule has 1 saturated heterocycles. The lowest BCUT2D eigenvalue weighted by Crippen LogP contribution is -2.50. The molecule has 1 aliphatic heterocycles. The van der Waals surface area contributed by atoms with Crippen molar-refractivity contribution in [2.45, 2.75) is 20.4 Å². The van der Waals surface area contributed by atoms with E-state index in [1.165, 1.54) is 23.0 Å². The summed E-state index contributed by atoms with van der Waals surface area (Å²) in [7, 11) is 0. The van der Waals surface area contributed by atoms with Crippen LogP contribution >= 0.6 is 23.2 Å². The summed E-state index contributed by atoms with van der Waals surface area (Å²) >= 11 is 11.6. The predicted octanol–water partition coefficient (Wildman–Crippen LogP) is 2.52. The zero-order valence-corrected chi connectivity index (χ0v) is 16.2. The van der Waals surface area contributed by atoms with Crippen molar-refractivity contribution in [3.8, 4) is 0 Å². The molecule has 1 aromatic heterocycles. The average molecular weight is 395 g/mol. The Hall–Kier alpha value is -2.05. The highest BCUT2D eigenvalue weighted by Gasteiger charge is 2.23. The molecule has 138 valence electrons. The number of hydrogen-bond donors (Lipinski definition) is 0. The predicted molar refractivity (Wildman–Crippen MR) is 103 cm³/mol. The molecule has 0 aliphatic carbocycles. The SMILES string of the molecule is Cc1cccc(N2CCN(C(=O)Cn3ncc(Cl)c(Cl)c3=O)CC2)c1C. The standard InChI is InChI=1S/C18H20Cl2N4O2/c1-12-4-3-5-15(13(12)2)22-6-8-23(9-7-22)16(25)11-24-18(26)17(20)14(19)10-21-24/h3-5,10H,6-9,11H2,1-2H3.